The Labute approximate surface area is 79.0 Å². The van der Waals surface area contributed by atoms with Gasteiger partial charge in [0.25, 0.3) is 0 Å². The first-order valence-electron chi connectivity index (χ1n) is 4.64. The summed E-state index contributed by atoms with van der Waals surface area (Å²) in [4.78, 5) is 0. The Bertz CT molecular complexity index is 113. The minimum Gasteiger partial charge on any atom is -0.349 e. The second kappa shape index (κ2) is 5.84. The van der Waals surface area contributed by atoms with Crippen molar-refractivity contribution in [3.63, 3.8) is 0 Å². The minimum absolute atomic E-state index is 0.0686. The number of hydrogen-bond donors (Lipinski definition) is 0. The Morgan fingerprint density at radius 2 is 2.08 bits per heavy atom. The molecule has 1 atom stereocenters. The molecule has 0 aromatic heterocycles. The maximum atomic E-state index is 5.33. The van der Waals surface area contributed by atoms with Gasteiger partial charge in [0.05, 0.1) is 13.2 Å². The van der Waals surface area contributed by atoms with E-state index in [2.05, 4.69) is 13.8 Å². The second-order valence-electron chi connectivity index (χ2n) is 3.22. The largest absolute Gasteiger partial charge is 0.349 e. The van der Waals surface area contributed by atoms with Gasteiger partial charge in [-0.25, -0.2) is 0 Å². The molecule has 1 aliphatic rings. The molecule has 1 saturated heterocycles. The molecule has 1 heterocycles. The van der Waals surface area contributed by atoms with Crippen LogP contribution < -0.4 is 0 Å². The van der Waals surface area contributed by atoms with E-state index < -0.39 is 0 Å². The molecular weight excluding hydrogens is 172 g/mol. The lowest BCUT2D eigenvalue weighted by molar-refractivity contribution is -0.0214. The van der Waals surface area contributed by atoms with Crippen molar-refractivity contribution in [1.82, 2.24) is 0 Å². The molecule has 0 N–H and O–H groups in total. The van der Waals surface area contributed by atoms with Crippen LogP contribution in [0.2, 0.25) is 0 Å². The molecule has 0 aromatic rings. The van der Waals surface area contributed by atoms with E-state index in [1.54, 1.807) is 0 Å². The van der Waals surface area contributed by atoms with E-state index in [0.717, 1.165) is 24.9 Å². The third kappa shape index (κ3) is 3.78. The smallest absolute Gasteiger partial charge is 0.166 e. The van der Waals surface area contributed by atoms with Gasteiger partial charge in [0, 0.05) is 5.75 Å². The van der Waals surface area contributed by atoms with Gasteiger partial charge in [0.15, 0.2) is 6.29 Å². The maximum absolute atomic E-state index is 5.33. The highest BCUT2D eigenvalue weighted by molar-refractivity contribution is 7.99. The van der Waals surface area contributed by atoms with Crippen LogP contribution in [0.25, 0.3) is 0 Å². The lowest BCUT2D eigenvalue weighted by atomic mass is 10.2. The van der Waals surface area contributed by atoms with Crippen molar-refractivity contribution in [1.29, 1.82) is 0 Å². The van der Waals surface area contributed by atoms with Crippen molar-refractivity contribution in [2.75, 3.05) is 24.7 Å². The first kappa shape index (κ1) is 10.4. The number of hydrogen-bond acceptors (Lipinski definition) is 3. The molecule has 3 heteroatoms. The number of thioether (sulfide) groups is 1. The average Bonchev–Trinajstić information content (AvgIpc) is 2.57. The van der Waals surface area contributed by atoms with Crippen LogP contribution in [0.1, 0.15) is 20.3 Å². The molecule has 1 aliphatic heterocycles. The Morgan fingerprint density at radius 3 is 2.67 bits per heavy atom. The molecule has 0 aliphatic carbocycles. The summed E-state index contributed by atoms with van der Waals surface area (Å²) < 4.78 is 10.7. The van der Waals surface area contributed by atoms with Crippen LogP contribution in [-0.2, 0) is 9.47 Å². The fourth-order valence-electron chi connectivity index (χ4n) is 0.987. The van der Waals surface area contributed by atoms with Gasteiger partial charge in [0.1, 0.15) is 0 Å². The van der Waals surface area contributed by atoms with Crippen LogP contribution in [-0.4, -0.2) is 31.0 Å². The number of ether oxygens (including phenoxy) is 2. The molecule has 2 nitrogen and oxygen atoms in total. The van der Waals surface area contributed by atoms with E-state index in [1.807, 2.05) is 11.8 Å². The van der Waals surface area contributed by atoms with Crippen molar-refractivity contribution in [3.8, 4) is 0 Å². The highest BCUT2D eigenvalue weighted by Crippen LogP contribution is 2.15. The van der Waals surface area contributed by atoms with Gasteiger partial charge < -0.3 is 9.47 Å². The fraction of sp³-hybridized carbons (Fsp3) is 1.00. The lowest BCUT2D eigenvalue weighted by Gasteiger charge is -2.10. The van der Waals surface area contributed by atoms with E-state index in [9.17, 15) is 0 Å². The van der Waals surface area contributed by atoms with Crippen molar-refractivity contribution in [2.24, 2.45) is 5.92 Å². The maximum Gasteiger partial charge on any atom is 0.166 e. The van der Waals surface area contributed by atoms with Crippen LogP contribution in [0, 0.1) is 5.92 Å². The normalized spacial score (nSPS) is 21.5. The van der Waals surface area contributed by atoms with Gasteiger partial charge >= 0.3 is 0 Å². The number of rotatable bonds is 5. The summed E-state index contributed by atoms with van der Waals surface area (Å²) in [5, 5.41) is 0. The molecule has 1 fully saturated rings. The molecule has 12 heavy (non-hydrogen) atoms. The van der Waals surface area contributed by atoms with Crippen LogP contribution >= 0.6 is 11.8 Å². The van der Waals surface area contributed by atoms with Crippen molar-refractivity contribution in [2.45, 2.75) is 26.6 Å². The summed E-state index contributed by atoms with van der Waals surface area (Å²) in [5.74, 6) is 3.03. The third-order valence-corrected chi connectivity index (χ3v) is 3.36. The zero-order valence-corrected chi connectivity index (χ0v) is 8.73. The summed E-state index contributed by atoms with van der Waals surface area (Å²) in [5.41, 5.74) is 0. The second-order valence-corrected chi connectivity index (χ2v) is 4.30. The average molecular weight is 190 g/mol. The summed E-state index contributed by atoms with van der Waals surface area (Å²) in [7, 11) is 0. The minimum atomic E-state index is 0.0686. The van der Waals surface area contributed by atoms with E-state index in [1.165, 1.54) is 12.2 Å². The molecule has 0 radical (unpaired) electrons. The molecular formula is C9H18O2S. The van der Waals surface area contributed by atoms with E-state index in [4.69, 9.17) is 9.47 Å². The molecule has 0 saturated carbocycles. The van der Waals surface area contributed by atoms with Gasteiger partial charge in [-0.15, -0.1) is 0 Å². The van der Waals surface area contributed by atoms with Gasteiger partial charge in [0.2, 0.25) is 0 Å². The standard InChI is InChI=1S/C9H18O2S/c1-3-8(2)6-12-7-9-10-4-5-11-9/h8-9H,3-7H2,1-2H3. The van der Waals surface area contributed by atoms with Gasteiger partial charge in [-0.3, -0.25) is 0 Å². The Hall–Kier alpha value is 0.270. The molecule has 0 bridgehead atoms. The molecule has 0 spiro atoms. The quantitative estimate of drug-likeness (QED) is 0.661. The first-order chi connectivity index (χ1) is 5.83. The van der Waals surface area contributed by atoms with Crippen LogP contribution in [0.5, 0.6) is 0 Å². The molecule has 1 rings (SSSR count). The first-order valence-corrected chi connectivity index (χ1v) is 5.79. The van der Waals surface area contributed by atoms with Crippen molar-refractivity contribution < 1.29 is 9.47 Å². The van der Waals surface area contributed by atoms with E-state index in [-0.39, 0.29) is 6.29 Å². The third-order valence-electron chi connectivity index (χ3n) is 2.04. The molecule has 72 valence electrons. The fourth-order valence-corrected chi connectivity index (χ4v) is 2.15. The zero-order valence-electron chi connectivity index (χ0n) is 7.91. The van der Waals surface area contributed by atoms with Gasteiger partial charge in [-0.1, -0.05) is 20.3 Å². The summed E-state index contributed by atoms with van der Waals surface area (Å²) >= 11 is 1.93. The molecule has 1 unspecified atom stereocenters. The van der Waals surface area contributed by atoms with Crippen LogP contribution in [0.3, 0.4) is 0 Å². The Balaban J connectivity index is 1.94. The zero-order chi connectivity index (χ0) is 8.81. The topological polar surface area (TPSA) is 18.5 Å². The summed E-state index contributed by atoms with van der Waals surface area (Å²) in [6.45, 7) is 6.06. The SMILES string of the molecule is CCC(C)CSCC1OCCO1. The highest BCUT2D eigenvalue weighted by atomic mass is 32.2. The van der Waals surface area contributed by atoms with Gasteiger partial charge in [-0.05, 0) is 11.7 Å². The molecule has 0 aromatic carbocycles. The molecule has 0 amide bonds. The monoisotopic (exact) mass is 190 g/mol. The predicted molar refractivity (Wildman–Crippen MR) is 52.5 cm³/mol. The lowest BCUT2D eigenvalue weighted by Crippen LogP contribution is -2.12. The van der Waals surface area contributed by atoms with E-state index in [0.29, 0.717) is 0 Å². The predicted octanol–water partition coefficient (Wildman–Crippen LogP) is 2.14. The summed E-state index contributed by atoms with van der Waals surface area (Å²) in [6, 6.07) is 0. The summed E-state index contributed by atoms with van der Waals surface area (Å²) in [6.07, 6.45) is 1.33. The van der Waals surface area contributed by atoms with Crippen LogP contribution in [0.15, 0.2) is 0 Å². The Morgan fingerprint density at radius 1 is 1.42 bits per heavy atom. The van der Waals surface area contributed by atoms with Crippen LogP contribution in [0.4, 0.5) is 0 Å². The van der Waals surface area contributed by atoms with Crippen molar-refractivity contribution >= 4 is 11.8 Å². The highest BCUT2D eigenvalue weighted by Gasteiger charge is 2.15. The Kier molecular flexibility index (Phi) is 5.04. The van der Waals surface area contributed by atoms with Gasteiger partial charge in [-0.2, -0.15) is 11.8 Å². The van der Waals surface area contributed by atoms with E-state index >= 15 is 0 Å². The van der Waals surface area contributed by atoms with Crippen molar-refractivity contribution in [3.05, 3.63) is 0 Å².